The Bertz CT molecular complexity index is 778. The number of fused-ring (bicyclic) bond motifs is 1. The number of nitrogens with one attached hydrogen (secondary N) is 1. The molecule has 2 aromatic rings. The van der Waals surface area contributed by atoms with Gasteiger partial charge in [0.05, 0.1) is 5.92 Å². The van der Waals surface area contributed by atoms with Gasteiger partial charge >= 0.3 is 0 Å². The van der Waals surface area contributed by atoms with E-state index in [1.807, 2.05) is 24.3 Å². The van der Waals surface area contributed by atoms with Crippen LogP contribution >= 0.6 is 0 Å². The second kappa shape index (κ2) is 8.44. The Hall–Kier alpha value is -2.53. The summed E-state index contributed by atoms with van der Waals surface area (Å²) in [5.74, 6) is 1.69. The van der Waals surface area contributed by atoms with Crippen molar-refractivity contribution in [3.05, 3.63) is 59.7 Å². The van der Waals surface area contributed by atoms with Gasteiger partial charge in [-0.2, -0.15) is 0 Å². The number of carbonyl (C=O) groups is 1. The minimum Gasteiger partial charge on any atom is -0.486 e. The topological polar surface area (TPSA) is 50.8 Å². The molecule has 1 unspecified atom stereocenters. The standard InChI is InChI=1S/C22H26N2O3/c25-22(23-14-18-8-4-10-20-21(18)27-13-12-26-20)19-9-5-11-24(16-19)15-17-6-2-1-3-7-17/h1-4,6-8,10,19H,5,9,11-16H2,(H,23,25). The van der Waals surface area contributed by atoms with Crippen molar-refractivity contribution in [2.75, 3.05) is 26.3 Å². The summed E-state index contributed by atoms with van der Waals surface area (Å²) in [6.45, 7) is 4.36. The van der Waals surface area contributed by atoms with E-state index < -0.39 is 0 Å². The molecule has 27 heavy (non-hydrogen) atoms. The Morgan fingerprint density at radius 1 is 1.07 bits per heavy atom. The molecule has 1 fully saturated rings. The number of nitrogens with zero attached hydrogens (tertiary/aromatic N) is 1. The quantitative estimate of drug-likeness (QED) is 0.884. The second-order valence-corrected chi connectivity index (χ2v) is 7.22. The van der Waals surface area contributed by atoms with Gasteiger partial charge in [-0.3, -0.25) is 9.69 Å². The Labute approximate surface area is 160 Å². The van der Waals surface area contributed by atoms with Crippen molar-refractivity contribution in [2.45, 2.75) is 25.9 Å². The average Bonchev–Trinajstić information content (AvgIpc) is 2.73. The lowest BCUT2D eigenvalue weighted by Crippen LogP contribution is -2.42. The van der Waals surface area contributed by atoms with Gasteiger partial charge < -0.3 is 14.8 Å². The molecule has 0 aromatic heterocycles. The Kier molecular flexibility index (Phi) is 5.58. The highest BCUT2D eigenvalue weighted by Gasteiger charge is 2.26. The van der Waals surface area contributed by atoms with Crippen LogP contribution in [0.5, 0.6) is 11.5 Å². The molecule has 5 heteroatoms. The van der Waals surface area contributed by atoms with Gasteiger partial charge in [-0.15, -0.1) is 0 Å². The van der Waals surface area contributed by atoms with Gasteiger partial charge in [-0.25, -0.2) is 0 Å². The number of carbonyl (C=O) groups excluding carboxylic acids is 1. The summed E-state index contributed by atoms with van der Waals surface area (Å²) in [7, 11) is 0. The summed E-state index contributed by atoms with van der Waals surface area (Å²) in [6.07, 6.45) is 2.01. The van der Waals surface area contributed by atoms with E-state index >= 15 is 0 Å². The number of para-hydroxylation sites is 1. The first-order chi connectivity index (χ1) is 13.3. The van der Waals surface area contributed by atoms with Gasteiger partial charge in [0.25, 0.3) is 0 Å². The number of ether oxygens (including phenoxy) is 2. The molecule has 5 nitrogen and oxygen atoms in total. The first kappa shape index (κ1) is 17.9. The van der Waals surface area contributed by atoms with Crippen LogP contribution in [0.2, 0.25) is 0 Å². The minimum atomic E-state index is 0.0409. The van der Waals surface area contributed by atoms with Crippen LogP contribution in [0.4, 0.5) is 0 Å². The van der Waals surface area contributed by atoms with Gasteiger partial charge in [-0.05, 0) is 31.0 Å². The Morgan fingerprint density at radius 2 is 1.93 bits per heavy atom. The van der Waals surface area contributed by atoms with E-state index in [-0.39, 0.29) is 11.8 Å². The van der Waals surface area contributed by atoms with Gasteiger partial charge in [0.1, 0.15) is 13.2 Å². The zero-order valence-corrected chi connectivity index (χ0v) is 15.5. The van der Waals surface area contributed by atoms with Gasteiger partial charge in [-0.1, -0.05) is 42.5 Å². The van der Waals surface area contributed by atoms with Gasteiger partial charge in [0.2, 0.25) is 5.91 Å². The molecule has 1 saturated heterocycles. The molecule has 1 N–H and O–H groups in total. The second-order valence-electron chi connectivity index (χ2n) is 7.22. The largest absolute Gasteiger partial charge is 0.486 e. The fourth-order valence-electron chi connectivity index (χ4n) is 3.85. The smallest absolute Gasteiger partial charge is 0.224 e. The predicted octanol–water partition coefficient (Wildman–Crippen LogP) is 2.99. The van der Waals surface area contributed by atoms with E-state index in [2.05, 4.69) is 34.5 Å². The van der Waals surface area contributed by atoms with E-state index in [1.165, 1.54) is 5.56 Å². The zero-order valence-electron chi connectivity index (χ0n) is 15.5. The number of hydrogen-bond acceptors (Lipinski definition) is 4. The third-order valence-electron chi connectivity index (χ3n) is 5.23. The predicted molar refractivity (Wildman–Crippen MR) is 104 cm³/mol. The summed E-state index contributed by atoms with van der Waals surface area (Å²) in [6, 6.07) is 16.3. The van der Waals surface area contributed by atoms with Crippen molar-refractivity contribution in [1.82, 2.24) is 10.2 Å². The number of rotatable bonds is 5. The fourth-order valence-corrected chi connectivity index (χ4v) is 3.85. The number of likely N-dealkylation sites (tertiary alicyclic amines) is 1. The molecule has 1 atom stereocenters. The number of piperidine rings is 1. The molecule has 142 valence electrons. The molecule has 4 rings (SSSR count). The van der Waals surface area contributed by atoms with E-state index in [4.69, 9.17) is 9.47 Å². The van der Waals surface area contributed by atoms with Crippen LogP contribution in [0, 0.1) is 5.92 Å². The van der Waals surface area contributed by atoms with E-state index in [9.17, 15) is 4.79 Å². The first-order valence-electron chi connectivity index (χ1n) is 9.71. The molecule has 0 saturated carbocycles. The molecule has 1 amide bonds. The third kappa shape index (κ3) is 4.42. The van der Waals surface area contributed by atoms with E-state index in [1.54, 1.807) is 0 Å². The van der Waals surface area contributed by atoms with Crippen LogP contribution in [0.15, 0.2) is 48.5 Å². The van der Waals surface area contributed by atoms with Crippen molar-refractivity contribution < 1.29 is 14.3 Å². The van der Waals surface area contributed by atoms with Crippen LogP contribution in [-0.2, 0) is 17.9 Å². The van der Waals surface area contributed by atoms with Gasteiger partial charge in [0, 0.05) is 25.2 Å². The van der Waals surface area contributed by atoms with Crippen molar-refractivity contribution in [3.8, 4) is 11.5 Å². The lowest BCUT2D eigenvalue weighted by Gasteiger charge is -2.32. The monoisotopic (exact) mass is 366 g/mol. The van der Waals surface area contributed by atoms with Gasteiger partial charge in [0.15, 0.2) is 11.5 Å². The SMILES string of the molecule is O=C(NCc1cccc2c1OCCO2)C1CCCN(Cc2ccccc2)C1. The maximum absolute atomic E-state index is 12.7. The highest BCUT2D eigenvalue weighted by molar-refractivity contribution is 5.79. The number of hydrogen-bond donors (Lipinski definition) is 1. The van der Waals surface area contributed by atoms with Crippen LogP contribution in [0.3, 0.4) is 0 Å². The van der Waals surface area contributed by atoms with Crippen LogP contribution < -0.4 is 14.8 Å². The molecule has 2 heterocycles. The summed E-state index contributed by atoms with van der Waals surface area (Å²) in [5.41, 5.74) is 2.27. The van der Waals surface area contributed by atoms with Crippen LogP contribution in [0.25, 0.3) is 0 Å². The summed E-state index contributed by atoms with van der Waals surface area (Å²) in [5, 5.41) is 3.10. The maximum Gasteiger partial charge on any atom is 0.224 e. The molecule has 0 aliphatic carbocycles. The first-order valence-corrected chi connectivity index (χ1v) is 9.71. The zero-order chi connectivity index (χ0) is 18.5. The summed E-state index contributed by atoms with van der Waals surface area (Å²) < 4.78 is 11.3. The Morgan fingerprint density at radius 3 is 2.81 bits per heavy atom. The summed E-state index contributed by atoms with van der Waals surface area (Å²) in [4.78, 5) is 15.1. The normalized spacial score (nSPS) is 19.5. The van der Waals surface area contributed by atoms with E-state index in [0.29, 0.717) is 19.8 Å². The van der Waals surface area contributed by atoms with Crippen molar-refractivity contribution in [3.63, 3.8) is 0 Å². The molecule has 2 aromatic carbocycles. The van der Waals surface area contributed by atoms with Crippen LogP contribution in [-0.4, -0.2) is 37.1 Å². The third-order valence-corrected chi connectivity index (χ3v) is 5.23. The van der Waals surface area contributed by atoms with Crippen LogP contribution in [0.1, 0.15) is 24.0 Å². The molecule has 2 aliphatic heterocycles. The lowest BCUT2D eigenvalue weighted by atomic mass is 9.96. The molecular formula is C22H26N2O3. The summed E-state index contributed by atoms with van der Waals surface area (Å²) >= 11 is 0. The van der Waals surface area contributed by atoms with E-state index in [0.717, 1.165) is 49.5 Å². The van der Waals surface area contributed by atoms with Crippen molar-refractivity contribution in [1.29, 1.82) is 0 Å². The minimum absolute atomic E-state index is 0.0409. The molecule has 2 aliphatic rings. The lowest BCUT2D eigenvalue weighted by molar-refractivity contribution is -0.127. The number of benzene rings is 2. The van der Waals surface area contributed by atoms with Crippen molar-refractivity contribution >= 4 is 5.91 Å². The average molecular weight is 366 g/mol. The number of amides is 1. The van der Waals surface area contributed by atoms with Crippen molar-refractivity contribution in [2.24, 2.45) is 5.92 Å². The molecule has 0 spiro atoms. The fraction of sp³-hybridized carbons (Fsp3) is 0.409. The molecule has 0 radical (unpaired) electrons. The molecule has 0 bridgehead atoms. The highest BCUT2D eigenvalue weighted by atomic mass is 16.6. The Balaban J connectivity index is 1.33. The molecular weight excluding hydrogens is 340 g/mol. The highest BCUT2D eigenvalue weighted by Crippen LogP contribution is 2.33. The maximum atomic E-state index is 12.7.